The molecule has 0 atom stereocenters. The van der Waals surface area contributed by atoms with Crippen LogP contribution >= 0.6 is 11.6 Å². The van der Waals surface area contributed by atoms with Crippen molar-refractivity contribution in [3.63, 3.8) is 0 Å². The summed E-state index contributed by atoms with van der Waals surface area (Å²) in [4.78, 5) is 16.3. The van der Waals surface area contributed by atoms with Gasteiger partial charge in [-0.1, -0.05) is 29.8 Å². The SMILES string of the molecule is COC(=O)c1cc(Cl)c2cccc(B3OC(C)(C)C(C)(C)O3)c2n1. The van der Waals surface area contributed by atoms with Gasteiger partial charge in [0.1, 0.15) is 0 Å². The van der Waals surface area contributed by atoms with Crippen LogP contribution in [0.15, 0.2) is 24.3 Å². The molecule has 1 aliphatic rings. The van der Waals surface area contributed by atoms with Gasteiger partial charge in [-0.2, -0.15) is 0 Å². The molecule has 0 bridgehead atoms. The van der Waals surface area contributed by atoms with Gasteiger partial charge in [0, 0.05) is 10.8 Å². The average Bonchev–Trinajstić information content (AvgIpc) is 2.74. The molecule has 0 amide bonds. The number of aromatic nitrogens is 1. The van der Waals surface area contributed by atoms with E-state index in [1.807, 2.05) is 45.9 Å². The molecule has 1 saturated heterocycles. The van der Waals surface area contributed by atoms with Crippen molar-refractivity contribution in [1.29, 1.82) is 0 Å². The molecule has 7 heteroatoms. The van der Waals surface area contributed by atoms with Gasteiger partial charge in [0.15, 0.2) is 5.69 Å². The third-order valence-corrected chi connectivity index (χ3v) is 5.03. The largest absolute Gasteiger partial charge is 0.497 e. The lowest BCUT2D eigenvalue weighted by atomic mass is 9.77. The van der Waals surface area contributed by atoms with E-state index in [1.54, 1.807) is 0 Å². The molecule has 0 unspecified atom stereocenters. The highest BCUT2D eigenvalue weighted by molar-refractivity contribution is 6.65. The van der Waals surface area contributed by atoms with E-state index in [0.717, 1.165) is 10.8 Å². The molecule has 0 radical (unpaired) electrons. The lowest BCUT2D eigenvalue weighted by molar-refractivity contribution is 0.00578. The number of halogens is 1. The van der Waals surface area contributed by atoms with Crippen LogP contribution in [0.3, 0.4) is 0 Å². The molecule has 0 N–H and O–H groups in total. The average molecular weight is 348 g/mol. The van der Waals surface area contributed by atoms with Crippen molar-refractivity contribution in [1.82, 2.24) is 4.98 Å². The summed E-state index contributed by atoms with van der Waals surface area (Å²) in [6.45, 7) is 7.94. The first-order valence-electron chi connectivity index (χ1n) is 7.69. The van der Waals surface area contributed by atoms with Gasteiger partial charge < -0.3 is 14.0 Å². The van der Waals surface area contributed by atoms with Crippen molar-refractivity contribution in [2.45, 2.75) is 38.9 Å². The number of carbonyl (C=O) groups excluding carboxylic acids is 1. The lowest BCUT2D eigenvalue weighted by Crippen LogP contribution is -2.41. The molecule has 5 nitrogen and oxygen atoms in total. The van der Waals surface area contributed by atoms with Gasteiger partial charge in [0.25, 0.3) is 0 Å². The molecule has 2 aromatic rings. The molecular formula is C17H19BClNO4. The fourth-order valence-corrected chi connectivity index (χ4v) is 2.85. The highest BCUT2D eigenvalue weighted by Crippen LogP contribution is 2.37. The van der Waals surface area contributed by atoms with E-state index in [-0.39, 0.29) is 5.69 Å². The Labute approximate surface area is 146 Å². The summed E-state index contributed by atoms with van der Waals surface area (Å²) in [5, 5.41) is 1.16. The third kappa shape index (κ3) is 2.68. The van der Waals surface area contributed by atoms with E-state index < -0.39 is 24.3 Å². The summed E-state index contributed by atoms with van der Waals surface area (Å²) in [5.41, 5.74) is 0.523. The topological polar surface area (TPSA) is 57.7 Å². The van der Waals surface area contributed by atoms with Crippen molar-refractivity contribution < 1.29 is 18.8 Å². The molecule has 24 heavy (non-hydrogen) atoms. The molecule has 0 spiro atoms. The molecular weight excluding hydrogens is 328 g/mol. The second-order valence-electron chi connectivity index (χ2n) is 6.81. The number of methoxy groups -OCH3 is 1. The van der Waals surface area contributed by atoms with Gasteiger partial charge >= 0.3 is 13.1 Å². The number of esters is 1. The number of para-hydroxylation sites is 1. The quantitative estimate of drug-likeness (QED) is 0.617. The minimum Gasteiger partial charge on any atom is -0.464 e. The predicted octanol–water partition coefficient (Wildman–Crippen LogP) is 2.97. The van der Waals surface area contributed by atoms with E-state index in [4.69, 9.17) is 25.6 Å². The van der Waals surface area contributed by atoms with Gasteiger partial charge in [-0.25, -0.2) is 9.78 Å². The summed E-state index contributed by atoms with van der Waals surface area (Å²) in [7, 11) is 0.720. The van der Waals surface area contributed by atoms with Gasteiger partial charge in [-0.15, -0.1) is 0 Å². The van der Waals surface area contributed by atoms with Gasteiger partial charge in [-0.05, 0) is 33.8 Å². The number of hydrogen-bond donors (Lipinski definition) is 0. The Morgan fingerprint density at radius 3 is 2.42 bits per heavy atom. The Morgan fingerprint density at radius 1 is 1.21 bits per heavy atom. The smallest absolute Gasteiger partial charge is 0.464 e. The van der Waals surface area contributed by atoms with Crippen LogP contribution in [0, 0.1) is 0 Å². The zero-order chi connectivity index (χ0) is 17.7. The molecule has 1 aromatic carbocycles. The van der Waals surface area contributed by atoms with Crippen molar-refractivity contribution >= 4 is 41.1 Å². The van der Waals surface area contributed by atoms with Crippen LogP contribution in [-0.2, 0) is 14.0 Å². The second kappa shape index (κ2) is 5.72. The molecule has 0 aliphatic carbocycles. The number of rotatable bonds is 2. The van der Waals surface area contributed by atoms with E-state index >= 15 is 0 Å². The highest BCUT2D eigenvalue weighted by Gasteiger charge is 2.52. The maximum absolute atomic E-state index is 11.8. The van der Waals surface area contributed by atoms with Crippen LogP contribution in [0.1, 0.15) is 38.2 Å². The summed E-state index contributed by atoms with van der Waals surface area (Å²) in [5.74, 6) is -0.539. The monoisotopic (exact) mass is 347 g/mol. The number of benzene rings is 1. The van der Waals surface area contributed by atoms with Crippen LogP contribution < -0.4 is 5.46 Å². The van der Waals surface area contributed by atoms with Gasteiger partial charge in [-0.3, -0.25) is 0 Å². The van der Waals surface area contributed by atoms with Crippen LogP contribution in [0.4, 0.5) is 0 Å². The number of hydrogen-bond acceptors (Lipinski definition) is 5. The number of fused-ring (bicyclic) bond motifs is 1. The fraction of sp³-hybridized carbons (Fsp3) is 0.412. The Morgan fingerprint density at radius 2 is 1.83 bits per heavy atom. The molecule has 2 heterocycles. The summed E-state index contributed by atoms with van der Waals surface area (Å²) < 4.78 is 17.0. The Kier molecular flexibility index (Phi) is 4.10. The van der Waals surface area contributed by atoms with Crippen LogP contribution in [0.25, 0.3) is 10.9 Å². The van der Waals surface area contributed by atoms with Gasteiger partial charge in [0.2, 0.25) is 0 Å². The number of ether oxygens (including phenoxy) is 1. The lowest BCUT2D eigenvalue weighted by Gasteiger charge is -2.32. The summed E-state index contributed by atoms with van der Waals surface area (Å²) in [6, 6.07) is 7.09. The first-order valence-corrected chi connectivity index (χ1v) is 8.07. The van der Waals surface area contributed by atoms with E-state index in [2.05, 4.69) is 4.98 Å². The minimum absolute atomic E-state index is 0.152. The number of pyridine rings is 1. The van der Waals surface area contributed by atoms with Crippen molar-refractivity contribution in [3.8, 4) is 0 Å². The fourth-order valence-electron chi connectivity index (χ4n) is 2.60. The standard InChI is InChI=1S/C17H19BClNO4/c1-16(2)17(3,4)24-18(23-16)11-8-6-7-10-12(19)9-13(15(21)22-5)20-14(10)11/h6-9H,1-5H3. The van der Waals surface area contributed by atoms with E-state index in [0.29, 0.717) is 10.5 Å². The summed E-state index contributed by atoms with van der Waals surface area (Å²) in [6.07, 6.45) is 0. The van der Waals surface area contributed by atoms with Gasteiger partial charge in [0.05, 0.1) is 28.9 Å². The second-order valence-corrected chi connectivity index (χ2v) is 7.22. The zero-order valence-corrected chi connectivity index (χ0v) is 15.1. The number of nitrogens with zero attached hydrogens (tertiary/aromatic N) is 1. The highest BCUT2D eigenvalue weighted by atomic mass is 35.5. The van der Waals surface area contributed by atoms with E-state index in [9.17, 15) is 4.79 Å². The minimum atomic E-state index is -0.588. The Bertz CT molecular complexity index is 806. The van der Waals surface area contributed by atoms with E-state index in [1.165, 1.54) is 13.2 Å². The van der Waals surface area contributed by atoms with Crippen molar-refractivity contribution in [2.75, 3.05) is 7.11 Å². The number of carbonyl (C=O) groups is 1. The molecule has 0 saturated carbocycles. The summed E-state index contributed by atoms with van der Waals surface area (Å²) >= 11 is 6.32. The van der Waals surface area contributed by atoms with Crippen molar-refractivity contribution in [3.05, 3.63) is 35.0 Å². The maximum Gasteiger partial charge on any atom is 0.497 e. The first kappa shape index (κ1) is 17.2. The van der Waals surface area contributed by atoms with Crippen LogP contribution in [-0.4, -0.2) is 36.4 Å². The molecule has 1 fully saturated rings. The van der Waals surface area contributed by atoms with Crippen LogP contribution in [0.5, 0.6) is 0 Å². The first-order chi connectivity index (χ1) is 11.2. The normalized spacial score (nSPS) is 18.8. The Balaban J connectivity index is 2.16. The Hall–Kier alpha value is -1.63. The molecule has 1 aromatic heterocycles. The molecule has 3 rings (SSSR count). The van der Waals surface area contributed by atoms with Crippen molar-refractivity contribution in [2.24, 2.45) is 0 Å². The zero-order valence-electron chi connectivity index (χ0n) is 14.3. The molecule has 1 aliphatic heterocycles. The third-order valence-electron chi connectivity index (χ3n) is 4.72. The molecule has 126 valence electrons. The van der Waals surface area contributed by atoms with Crippen LogP contribution in [0.2, 0.25) is 5.02 Å². The maximum atomic E-state index is 11.8. The predicted molar refractivity (Wildman–Crippen MR) is 93.8 cm³/mol.